The molecule has 0 radical (unpaired) electrons. The van der Waals surface area contributed by atoms with E-state index in [9.17, 15) is 0 Å². The molecule has 3 rings (SSSR count). The highest BCUT2D eigenvalue weighted by atomic mass is 32.1. The molecule has 1 aromatic carbocycles. The summed E-state index contributed by atoms with van der Waals surface area (Å²) in [6.07, 6.45) is 3.73. The summed E-state index contributed by atoms with van der Waals surface area (Å²) in [5.41, 5.74) is 6.80. The van der Waals surface area contributed by atoms with E-state index in [2.05, 4.69) is 27.5 Å². The van der Waals surface area contributed by atoms with Crippen LogP contribution < -0.4 is 11.3 Å². The number of hydrogen-bond donors (Lipinski definition) is 2. The minimum Gasteiger partial charge on any atom is -0.271 e. The van der Waals surface area contributed by atoms with Gasteiger partial charge in [-0.2, -0.15) is 0 Å². The van der Waals surface area contributed by atoms with E-state index in [-0.39, 0.29) is 6.04 Å². The van der Waals surface area contributed by atoms with E-state index in [1.54, 1.807) is 11.3 Å². The van der Waals surface area contributed by atoms with Crippen molar-refractivity contribution in [3.8, 4) is 0 Å². The van der Waals surface area contributed by atoms with E-state index in [1.165, 1.54) is 0 Å². The number of fused-ring (bicyclic) bond motifs is 1. The van der Waals surface area contributed by atoms with Crippen molar-refractivity contribution < 1.29 is 0 Å². The Bertz CT molecular complexity index is 702. The van der Waals surface area contributed by atoms with Crippen molar-refractivity contribution in [3.05, 3.63) is 58.3 Å². The summed E-state index contributed by atoms with van der Waals surface area (Å²) < 4.78 is 0. The maximum atomic E-state index is 5.76. The molecule has 0 saturated heterocycles. The SMILES string of the molecule is Cc1ncsc1C(NN)c1cncc2ccccc12. The maximum absolute atomic E-state index is 5.76. The number of hydrazine groups is 1. The Labute approximate surface area is 115 Å². The molecular weight excluding hydrogens is 256 g/mol. The van der Waals surface area contributed by atoms with Gasteiger partial charge in [-0.15, -0.1) is 11.3 Å². The summed E-state index contributed by atoms with van der Waals surface area (Å²) in [5, 5.41) is 2.27. The van der Waals surface area contributed by atoms with Gasteiger partial charge in [-0.05, 0) is 12.3 Å². The van der Waals surface area contributed by atoms with Gasteiger partial charge in [0.25, 0.3) is 0 Å². The summed E-state index contributed by atoms with van der Waals surface area (Å²) in [6.45, 7) is 1.99. The first-order valence-corrected chi connectivity index (χ1v) is 6.88. The second-order valence-electron chi connectivity index (χ2n) is 4.35. The molecule has 1 atom stereocenters. The number of benzene rings is 1. The van der Waals surface area contributed by atoms with Crippen LogP contribution in [0.25, 0.3) is 10.8 Å². The number of nitrogens with two attached hydrogens (primary N) is 1. The fraction of sp³-hybridized carbons (Fsp3) is 0.143. The van der Waals surface area contributed by atoms with Gasteiger partial charge >= 0.3 is 0 Å². The number of rotatable bonds is 3. The van der Waals surface area contributed by atoms with Crippen molar-refractivity contribution in [2.45, 2.75) is 13.0 Å². The number of aryl methyl sites for hydroxylation is 1. The largest absolute Gasteiger partial charge is 0.271 e. The summed E-state index contributed by atoms with van der Waals surface area (Å²) >= 11 is 1.60. The predicted octanol–water partition coefficient (Wildman–Crippen LogP) is 2.55. The summed E-state index contributed by atoms with van der Waals surface area (Å²) in [4.78, 5) is 9.73. The molecule has 0 saturated carbocycles. The molecule has 1 unspecified atom stereocenters. The van der Waals surface area contributed by atoms with Crippen molar-refractivity contribution in [2.24, 2.45) is 5.84 Å². The number of nitrogens with one attached hydrogen (secondary N) is 1. The van der Waals surface area contributed by atoms with Gasteiger partial charge in [0.1, 0.15) is 0 Å². The van der Waals surface area contributed by atoms with Gasteiger partial charge in [-0.3, -0.25) is 10.8 Å². The quantitative estimate of drug-likeness (QED) is 0.567. The van der Waals surface area contributed by atoms with E-state index in [1.807, 2.05) is 37.0 Å². The summed E-state index contributed by atoms with van der Waals surface area (Å²) in [6, 6.07) is 8.10. The van der Waals surface area contributed by atoms with Crippen LogP contribution in [0.3, 0.4) is 0 Å². The van der Waals surface area contributed by atoms with E-state index in [0.717, 1.165) is 26.9 Å². The van der Waals surface area contributed by atoms with E-state index < -0.39 is 0 Å². The van der Waals surface area contributed by atoms with Crippen LogP contribution in [0.5, 0.6) is 0 Å². The Balaban J connectivity index is 2.20. The van der Waals surface area contributed by atoms with E-state index in [4.69, 9.17) is 5.84 Å². The monoisotopic (exact) mass is 270 g/mol. The molecule has 0 aliphatic carbocycles. The lowest BCUT2D eigenvalue weighted by atomic mass is 10.0. The molecule has 4 nitrogen and oxygen atoms in total. The van der Waals surface area contributed by atoms with Gasteiger partial charge in [0.05, 0.1) is 22.1 Å². The predicted molar refractivity (Wildman–Crippen MR) is 77.8 cm³/mol. The number of aromatic nitrogens is 2. The number of hydrogen-bond acceptors (Lipinski definition) is 5. The second kappa shape index (κ2) is 5.05. The highest BCUT2D eigenvalue weighted by Crippen LogP contribution is 2.31. The molecule has 0 fully saturated rings. The standard InChI is InChI=1S/C14H14N4S/c1-9-14(19-8-17-9)13(18-15)12-7-16-6-10-4-2-3-5-11(10)12/h2-8,13,18H,15H2,1H3. The third-order valence-corrected chi connectivity index (χ3v) is 4.22. The lowest BCUT2D eigenvalue weighted by Crippen LogP contribution is -2.29. The Morgan fingerprint density at radius 1 is 1.26 bits per heavy atom. The van der Waals surface area contributed by atoms with Crippen LogP contribution in [0.1, 0.15) is 22.2 Å². The average molecular weight is 270 g/mol. The molecule has 0 aliphatic rings. The van der Waals surface area contributed by atoms with Crippen molar-refractivity contribution in [2.75, 3.05) is 0 Å². The fourth-order valence-electron chi connectivity index (χ4n) is 2.26. The lowest BCUT2D eigenvalue weighted by Gasteiger charge is -2.17. The number of nitrogens with zero attached hydrogens (tertiary/aromatic N) is 2. The van der Waals surface area contributed by atoms with Gasteiger partial charge in [-0.1, -0.05) is 24.3 Å². The Hall–Kier alpha value is -1.82. The highest BCUT2D eigenvalue weighted by Gasteiger charge is 2.19. The molecule has 0 amide bonds. The molecule has 3 aromatic rings. The maximum Gasteiger partial charge on any atom is 0.0842 e. The topological polar surface area (TPSA) is 63.8 Å². The van der Waals surface area contributed by atoms with Gasteiger partial charge in [0.2, 0.25) is 0 Å². The molecule has 2 aromatic heterocycles. The molecule has 0 bridgehead atoms. The van der Waals surface area contributed by atoms with Gasteiger partial charge in [-0.25, -0.2) is 10.4 Å². The van der Waals surface area contributed by atoms with Gasteiger partial charge in [0.15, 0.2) is 0 Å². The number of pyridine rings is 1. The van der Waals surface area contributed by atoms with Crippen molar-refractivity contribution in [3.63, 3.8) is 0 Å². The second-order valence-corrected chi connectivity index (χ2v) is 5.24. The molecule has 2 heterocycles. The van der Waals surface area contributed by atoms with Crippen LogP contribution >= 0.6 is 11.3 Å². The number of thiazole rings is 1. The zero-order valence-corrected chi connectivity index (χ0v) is 11.3. The Morgan fingerprint density at radius 3 is 2.84 bits per heavy atom. The van der Waals surface area contributed by atoms with Crippen LogP contribution in [0.2, 0.25) is 0 Å². The smallest absolute Gasteiger partial charge is 0.0842 e. The van der Waals surface area contributed by atoms with Crippen molar-refractivity contribution in [1.82, 2.24) is 15.4 Å². The van der Waals surface area contributed by atoms with Crippen molar-refractivity contribution in [1.29, 1.82) is 0 Å². The first kappa shape index (κ1) is 12.2. The normalized spacial score (nSPS) is 12.7. The Kier molecular flexibility index (Phi) is 3.25. The molecule has 19 heavy (non-hydrogen) atoms. The molecule has 3 N–H and O–H groups in total. The van der Waals surface area contributed by atoms with Crippen LogP contribution in [0.4, 0.5) is 0 Å². The van der Waals surface area contributed by atoms with Crippen molar-refractivity contribution >= 4 is 22.1 Å². The zero-order valence-electron chi connectivity index (χ0n) is 10.5. The minimum absolute atomic E-state index is 0.0777. The molecule has 0 spiro atoms. The van der Waals surface area contributed by atoms with Gasteiger partial charge in [0, 0.05) is 23.3 Å². The van der Waals surface area contributed by atoms with Crippen LogP contribution in [-0.2, 0) is 0 Å². The van der Waals surface area contributed by atoms with Crippen LogP contribution in [0.15, 0.2) is 42.2 Å². The van der Waals surface area contributed by atoms with Gasteiger partial charge < -0.3 is 0 Å². The first-order valence-electron chi connectivity index (χ1n) is 6.00. The summed E-state index contributed by atoms with van der Waals surface area (Å²) in [5.74, 6) is 5.76. The average Bonchev–Trinajstić information content (AvgIpc) is 2.86. The molecule has 5 heteroatoms. The third kappa shape index (κ3) is 2.12. The molecule has 96 valence electrons. The third-order valence-electron chi connectivity index (χ3n) is 3.22. The molecular formula is C14H14N4S. The van der Waals surface area contributed by atoms with Crippen LogP contribution in [0, 0.1) is 6.92 Å². The van der Waals surface area contributed by atoms with Crippen LogP contribution in [-0.4, -0.2) is 9.97 Å². The summed E-state index contributed by atoms with van der Waals surface area (Å²) in [7, 11) is 0. The Morgan fingerprint density at radius 2 is 2.11 bits per heavy atom. The molecule has 0 aliphatic heterocycles. The highest BCUT2D eigenvalue weighted by molar-refractivity contribution is 7.09. The first-order chi connectivity index (χ1) is 9.31. The zero-order chi connectivity index (χ0) is 13.2. The van der Waals surface area contributed by atoms with E-state index in [0.29, 0.717) is 0 Å². The minimum atomic E-state index is -0.0777. The lowest BCUT2D eigenvalue weighted by molar-refractivity contribution is 0.644. The van der Waals surface area contributed by atoms with E-state index >= 15 is 0 Å². The fourth-order valence-corrected chi connectivity index (χ4v) is 3.14.